The van der Waals surface area contributed by atoms with Crippen LogP contribution in [-0.2, 0) is 4.79 Å². The number of carbonyl (C=O) groups excluding carboxylic acids is 1. The van der Waals surface area contributed by atoms with Gasteiger partial charge < -0.3 is 9.80 Å². The molecule has 2 heterocycles. The van der Waals surface area contributed by atoms with Crippen LogP contribution in [0.5, 0.6) is 0 Å². The Kier molecular flexibility index (Phi) is 6.59. The molecule has 5 nitrogen and oxygen atoms in total. The molecule has 0 bridgehead atoms. The van der Waals surface area contributed by atoms with Crippen molar-refractivity contribution in [1.29, 1.82) is 0 Å². The van der Waals surface area contributed by atoms with E-state index in [1.807, 2.05) is 0 Å². The molecule has 0 aliphatic carbocycles. The highest BCUT2D eigenvalue weighted by Gasteiger charge is 2.40. The number of likely N-dealkylation sites (tertiary alicyclic amines) is 1. The van der Waals surface area contributed by atoms with Crippen molar-refractivity contribution in [2.75, 3.05) is 26.2 Å². The second-order valence-electron chi connectivity index (χ2n) is 6.61. The number of hydrogen-bond acceptors (Lipinski definition) is 4. The van der Waals surface area contributed by atoms with Crippen molar-refractivity contribution < 1.29 is 4.79 Å². The molecule has 5 heteroatoms. The van der Waals surface area contributed by atoms with Crippen molar-refractivity contribution in [1.82, 2.24) is 9.80 Å². The maximum atomic E-state index is 12.7. The quantitative estimate of drug-likeness (QED) is 0.613. The molecule has 0 spiro atoms. The van der Waals surface area contributed by atoms with Gasteiger partial charge in [-0.2, -0.15) is 10.2 Å². The Morgan fingerprint density at radius 3 is 2.65 bits per heavy atom. The molecule has 2 aliphatic heterocycles. The van der Waals surface area contributed by atoms with Gasteiger partial charge in [0.15, 0.2) is 5.66 Å². The number of nitrogens with zero attached hydrogens (tertiary/aromatic N) is 4. The normalized spacial score (nSPS) is 22.2. The summed E-state index contributed by atoms with van der Waals surface area (Å²) >= 11 is 0. The summed E-state index contributed by atoms with van der Waals surface area (Å²) in [5.41, 5.74) is -0.341. The third kappa shape index (κ3) is 5.04. The summed E-state index contributed by atoms with van der Waals surface area (Å²) in [6.07, 6.45) is 11.5. The van der Waals surface area contributed by atoms with Crippen molar-refractivity contribution >= 4 is 5.91 Å². The number of amides is 1. The average Bonchev–Trinajstić information content (AvgIpc) is 3.36. The van der Waals surface area contributed by atoms with Crippen LogP contribution in [0.15, 0.2) is 10.2 Å². The van der Waals surface area contributed by atoms with Crippen molar-refractivity contribution in [3.8, 4) is 12.3 Å². The Morgan fingerprint density at radius 2 is 2.04 bits per heavy atom. The van der Waals surface area contributed by atoms with E-state index in [4.69, 9.17) is 6.42 Å². The van der Waals surface area contributed by atoms with Crippen LogP contribution >= 0.6 is 0 Å². The van der Waals surface area contributed by atoms with Gasteiger partial charge in [-0.15, -0.1) is 12.3 Å². The number of rotatable bonds is 9. The SMILES string of the molecule is C#CCCC1(CCC(=O)N2CCCCC2CN(CC)CC)N=N1. The van der Waals surface area contributed by atoms with Crippen LogP contribution in [0.2, 0.25) is 0 Å². The number of piperidine rings is 1. The molecular weight excluding hydrogens is 288 g/mol. The van der Waals surface area contributed by atoms with Gasteiger partial charge in [-0.05, 0) is 32.4 Å². The molecule has 1 amide bonds. The van der Waals surface area contributed by atoms with Gasteiger partial charge in [-0.25, -0.2) is 0 Å². The van der Waals surface area contributed by atoms with Gasteiger partial charge in [0, 0.05) is 44.8 Å². The first kappa shape index (κ1) is 17.9. The Morgan fingerprint density at radius 1 is 1.30 bits per heavy atom. The summed E-state index contributed by atoms with van der Waals surface area (Å²) in [5.74, 6) is 2.90. The molecular formula is C18H30N4O. The van der Waals surface area contributed by atoms with E-state index in [9.17, 15) is 4.79 Å². The molecule has 128 valence electrons. The topological polar surface area (TPSA) is 48.3 Å². The predicted octanol–water partition coefficient (Wildman–Crippen LogP) is 3.07. The zero-order chi connectivity index (χ0) is 16.7. The Hall–Kier alpha value is -1.41. The highest BCUT2D eigenvalue weighted by atomic mass is 16.2. The van der Waals surface area contributed by atoms with E-state index in [2.05, 4.69) is 39.8 Å². The second-order valence-corrected chi connectivity index (χ2v) is 6.61. The van der Waals surface area contributed by atoms with Gasteiger partial charge in [0.1, 0.15) is 0 Å². The van der Waals surface area contributed by atoms with Gasteiger partial charge in [0.2, 0.25) is 5.91 Å². The minimum Gasteiger partial charge on any atom is -0.338 e. The molecule has 0 radical (unpaired) electrons. The van der Waals surface area contributed by atoms with Crippen LogP contribution in [0.3, 0.4) is 0 Å². The van der Waals surface area contributed by atoms with E-state index in [0.717, 1.165) is 45.4 Å². The van der Waals surface area contributed by atoms with Crippen LogP contribution in [0, 0.1) is 12.3 Å². The first-order chi connectivity index (χ1) is 11.1. The number of hydrogen-bond donors (Lipinski definition) is 0. The molecule has 23 heavy (non-hydrogen) atoms. The lowest BCUT2D eigenvalue weighted by Gasteiger charge is -2.38. The van der Waals surface area contributed by atoms with Crippen LogP contribution < -0.4 is 0 Å². The van der Waals surface area contributed by atoms with Crippen LogP contribution in [0.4, 0.5) is 0 Å². The zero-order valence-corrected chi connectivity index (χ0v) is 14.6. The molecule has 0 aromatic carbocycles. The molecule has 1 atom stereocenters. The Labute approximate surface area is 140 Å². The third-order valence-electron chi connectivity index (χ3n) is 5.10. The number of carbonyl (C=O) groups is 1. The van der Waals surface area contributed by atoms with Crippen LogP contribution in [0.25, 0.3) is 0 Å². The molecule has 1 fully saturated rings. The lowest BCUT2D eigenvalue weighted by molar-refractivity contribution is -0.135. The fourth-order valence-corrected chi connectivity index (χ4v) is 3.42. The molecule has 0 saturated carbocycles. The molecule has 2 aliphatic rings. The molecule has 2 rings (SSSR count). The summed E-state index contributed by atoms with van der Waals surface area (Å²) in [7, 11) is 0. The van der Waals surface area contributed by atoms with Gasteiger partial charge in [0.05, 0.1) is 0 Å². The zero-order valence-electron chi connectivity index (χ0n) is 14.6. The number of likely N-dealkylation sites (N-methyl/N-ethyl adjacent to an activating group) is 1. The number of terminal acetylenes is 1. The molecule has 1 saturated heterocycles. The van der Waals surface area contributed by atoms with E-state index in [1.165, 1.54) is 6.42 Å². The first-order valence-electron chi connectivity index (χ1n) is 9.03. The Balaban J connectivity index is 1.84. The van der Waals surface area contributed by atoms with Crippen molar-refractivity contribution in [3.63, 3.8) is 0 Å². The summed E-state index contributed by atoms with van der Waals surface area (Å²) < 4.78 is 0. The summed E-state index contributed by atoms with van der Waals surface area (Å²) in [4.78, 5) is 17.2. The maximum Gasteiger partial charge on any atom is 0.223 e. The largest absolute Gasteiger partial charge is 0.338 e. The minimum atomic E-state index is -0.341. The van der Waals surface area contributed by atoms with Crippen LogP contribution in [-0.4, -0.2) is 53.6 Å². The highest BCUT2D eigenvalue weighted by Crippen LogP contribution is 2.38. The van der Waals surface area contributed by atoms with E-state index >= 15 is 0 Å². The van der Waals surface area contributed by atoms with E-state index in [1.54, 1.807) is 0 Å². The maximum absolute atomic E-state index is 12.7. The van der Waals surface area contributed by atoms with E-state index in [-0.39, 0.29) is 11.6 Å². The third-order valence-corrected chi connectivity index (χ3v) is 5.10. The standard InChI is InChI=1S/C18H30N4O/c1-4-7-12-18(19-20-18)13-11-17(23)22-14-9-8-10-16(22)15-21(5-2)6-3/h1,16H,5-15H2,2-3H3. The van der Waals surface area contributed by atoms with Gasteiger partial charge in [-0.3, -0.25) is 4.79 Å². The monoisotopic (exact) mass is 318 g/mol. The van der Waals surface area contributed by atoms with E-state index in [0.29, 0.717) is 25.3 Å². The first-order valence-corrected chi connectivity index (χ1v) is 9.03. The second kappa shape index (κ2) is 8.44. The van der Waals surface area contributed by atoms with Crippen molar-refractivity contribution in [2.24, 2.45) is 10.2 Å². The van der Waals surface area contributed by atoms with Crippen LogP contribution in [0.1, 0.15) is 58.8 Å². The van der Waals surface area contributed by atoms with Gasteiger partial charge >= 0.3 is 0 Å². The highest BCUT2D eigenvalue weighted by molar-refractivity contribution is 5.76. The smallest absolute Gasteiger partial charge is 0.223 e. The molecule has 0 N–H and O–H groups in total. The van der Waals surface area contributed by atoms with Crippen molar-refractivity contribution in [2.45, 2.75) is 70.5 Å². The molecule has 1 unspecified atom stereocenters. The van der Waals surface area contributed by atoms with E-state index < -0.39 is 0 Å². The fourth-order valence-electron chi connectivity index (χ4n) is 3.42. The molecule has 0 aromatic rings. The predicted molar refractivity (Wildman–Crippen MR) is 92.0 cm³/mol. The van der Waals surface area contributed by atoms with Crippen molar-refractivity contribution in [3.05, 3.63) is 0 Å². The lowest BCUT2D eigenvalue weighted by Crippen LogP contribution is -2.49. The van der Waals surface area contributed by atoms with Gasteiger partial charge in [-0.1, -0.05) is 13.8 Å². The summed E-state index contributed by atoms with van der Waals surface area (Å²) in [6.45, 7) is 8.35. The van der Waals surface area contributed by atoms with Gasteiger partial charge in [0.25, 0.3) is 0 Å². The summed E-state index contributed by atoms with van der Waals surface area (Å²) in [5, 5.41) is 8.27. The lowest BCUT2D eigenvalue weighted by atomic mass is 9.98. The Bertz CT molecular complexity index is 458. The fraction of sp³-hybridized carbons (Fsp3) is 0.833. The minimum absolute atomic E-state index is 0.263. The molecule has 0 aromatic heterocycles. The average molecular weight is 318 g/mol. The summed E-state index contributed by atoms with van der Waals surface area (Å²) in [6, 6.07) is 0.367.